The molecular formula is C22H31N5O3S2. The molecule has 0 radical (unpaired) electrons. The zero-order valence-electron chi connectivity index (χ0n) is 18.5. The van der Waals surface area contributed by atoms with E-state index in [1.165, 1.54) is 12.1 Å². The van der Waals surface area contributed by atoms with Gasteiger partial charge in [-0.15, -0.1) is 0 Å². The zero-order chi connectivity index (χ0) is 23.0. The standard InChI is InChI=1S/C22H31N5O3S2/c1-26-11-13-27(14-12-26)21-16-18(8-10-23-21)17-24-22(28)20(9-15-31-2)25-32(29,30)19-6-4-3-5-7-19/h3-8,10,16,20,25H,9,11-15,17H2,1-2H3,(H,24,28). The Morgan fingerprint density at radius 1 is 1.16 bits per heavy atom. The van der Waals surface area contributed by atoms with E-state index in [0.29, 0.717) is 18.7 Å². The molecule has 1 aromatic heterocycles. The number of sulfonamides is 1. The van der Waals surface area contributed by atoms with Crippen LogP contribution < -0.4 is 14.9 Å². The van der Waals surface area contributed by atoms with Gasteiger partial charge >= 0.3 is 0 Å². The SMILES string of the molecule is CSCCC(NS(=O)(=O)c1ccccc1)C(=O)NCc1ccnc(N2CCN(C)CC2)c1. The molecule has 1 amide bonds. The zero-order valence-corrected chi connectivity index (χ0v) is 20.2. The maximum atomic E-state index is 12.9. The second-order valence-corrected chi connectivity index (χ2v) is 10.5. The number of pyridine rings is 1. The first-order valence-corrected chi connectivity index (χ1v) is 13.5. The van der Waals surface area contributed by atoms with Crippen molar-refractivity contribution in [1.29, 1.82) is 0 Å². The van der Waals surface area contributed by atoms with Gasteiger partial charge in [-0.3, -0.25) is 4.79 Å². The summed E-state index contributed by atoms with van der Waals surface area (Å²) in [6.07, 6.45) is 4.08. The summed E-state index contributed by atoms with van der Waals surface area (Å²) in [5.41, 5.74) is 0.928. The molecule has 3 rings (SSSR count). The fourth-order valence-corrected chi connectivity index (χ4v) is 5.15. The predicted octanol–water partition coefficient (Wildman–Crippen LogP) is 1.55. The number of anilines is 1. The fraction of sp³-hybridized carbons (Fsp3) is 0.455. The van der Waals surface area contributed by atoms with Crippen molar-refractivity contribution < 1.29 is 13.2 Å². The van der Waals surface area contributed by atoms with E-state index in [-0.39, 0.29) is 10.8 Å². The van der Waals surface area contributed by atoms with Gasteiger partial charge in [0.05, 0.1) is 4.90 Å². The molecule has 1 aromatic carbocycles. The Balaban J connectivity index is 1.63. The normalized spacial score (nSPS) is 16.0. The highest BCUT2D eigenvalue weighted by Crippen LogP contribution is 2.15. The fourth-order valence-electron chi connectivity index (χ4n) is 3.43. The summed E-state index contributed by atoms with van der Waals surface area (Å²) in [7, 11) is -1.68. The summed E-state index contributed by atoms with van der Waals surface area (Å²) in [4.78, 5) is 22.0. The van der Waals surface area contributed by atoms with Gasteiger partial charge in [0, 0.05) is 38.9 Å². The van der Waals surface area contributed by atoms with Crippen LogP contribution in [0, 0.1) is 0 Å². The molecule has 1 aliphatic heterocycles. The first-order chi connectivity index (χ1) is 15.4. The lowest BCUT2D eigenvalue weighted by atomic mass is 10.2. The summed E-state index contributed by atoms with van der Waals surface area (Å²) < 4.78 is 28.0. The molecule has 0 spiro atoms. The topological polar surface area (TPSA) is 94.6 Å². The average Bonchev–Trinajstić information content (AvgIpc) is 2.81. The van der Waals surface area contributed by atoms with Crippen LogP contribution in [-0.4, -0.2) is 75.5 Å². The maximum absolute atomic E-state index is 12.9. The molecule has 0 aliphatic carbocycles. The highest BCUT2D eigenvalue weighted by Gasteiger charge is 2.25. The van der Waals surface area contributed by atoms with Gasteiger partial charge in [0.25, 0.3) is 0 Å². The number of likely N-dealkylation sites (N-methyl/N-ethyl adjacent to an activating group) is 1. The lowest BCUT2D eigenvalue weighted by Crippen LogP contribution is -2.46. The van der Waals surface area contributed by atoms with Crippen molar-refractivity contribution in [3.8, 4) is 0 Å². The van der Waals surface area contributed by atoms with Gasteiger partial charge in [-0.05, 0) is 55.3 Å². The Morgan fingerprint density at radius 2 is 1.88 bits per heavy atom. The van der Waals surface area contributed by atoms with Gasteiger partial charge in [0.15, 0.2) is 0 Å². The van der Waals surface area contributed by atoms with Crippen molar-refractivity contribution in [3.63, 3.8) is 0 Å². The van der Waals surface area contributed by atoms with E-state index in [9.17, 15) is 13.2 Å². The number of nitrogens with zero attached hydrogens (tertiary/aromatic N) is 3. The van der Waals surface area contributed by atoms with E-state index in [1.54, 1.807) is 36.2 Å². The smallest absolute Gasteiger partial charge is 0.241 e. The first kappa shape index (κ1) is 24.5. The highest BCUT2D eigenvalue weighted by atomic mass is 32.2. The van der Waals surface area contributed by atoms with Crippen LogP contribution in [0.4, 0.5) is 5.82 Å². The maximum Gasteiger partial charge on any atom is 0.241 e. The number of hydrogen-bond donors (Lipinski definition) is 2. The van der Waals surface area contributed by atoms with Gasteiger partial charge in [0.2, 0.25) is 15.9 Å². The number of carbonyl (C=O) groups excluding carboxylic acids is 1. The van der Waals surface area contributed by atoms with Crippen molar-refractivity contribution in [2.24, 2.45) is 0 Å². The third-order valence-electron chi connectivity index (χ3n) is 5.38. The summed E-state index contributed by atoms with van der Waals surface area (Å²) >= 11 is 1.57. The molecule has 2 N–H and O–H groups in total. The predicted molar refractivity (Wildman–Crippen MR) is 129 cm³/mol. The molecule has 174 valence electrons. The number of benzene rings is 1. The highest BCUT2D eigenvalue weighted by molar-refractivity contribution is 7.98. The molecule has 1 saturated heterocycles. The number of nitrogens with one attached hydrogen (secondary N) is 2. The minimum atomic E-state index is -3.78. The van der Waals surface area contributed by atoms with Crippen molar-refractivity contribution in [2.45, 2.75) is 23.9 Å². The van der Waals surface area contributed by atoms with Gasteiger partial charge in [-0.2, -0.15) is 16.5 Å². The Bertz CT molecular complexity index is 980. The summed E-state index contributed by atoms with van der Waals surface area (Å²) in [5, 5.41) is 2.89. The average molecular weight is 478 g/mol. The van der Waals surface area contributed by atoms with Gasteiger partial charge in [-0.1, -0.05) is 18.2 Å². The van der Waals surface area contributed by atoms with Crippen LogP contribution in [-0.2, 0) is 21.4 Å². The van der Waals surface area contributed by atoms with Crippen LogP contribution in [0.1, 0.15) is 12.0 Å². The summed E-state index contributed by atoms with van der Waals surface area (Å²) in [6, 6.07) is 11.1. The monoisotopic (exact) mass is 477 g/mol. The lowest BCUT2D eigenvalue weighted by Gasteiger charge is -2.33. The van der Waals surface area contributed by atoms with E-state index in [2.05, 4.69) is 31.9 Å². The molecule has 0 bridgehead atoms. The van der Waals surface area contributed by atoms with E-state index in [4.69, 9.17) is 0 Å². The van der Waals surface area contributed by atoms with E-state index in [0.717, 1.165) is 37.6 Å². The Hall–Kier alpha value is -2.14. The van der Waals surface area contributed by atoms with Crippen LogP contribution >= 0.6 is 11.8 Å². The third-order valence-corrected chi connectivity index (χ3v) is 7.51. The van der Waals surface area contributed by atoms with Crippen LogP contribution in [0.5, 0.6) is 0 Å². The number of amides is 1. The molecule has 0 saturated carbocycles. The molecule has 8 nitrogen and oxygen atoms in total. The molecule has 32 heavy (non-hydrogen) atoms. The van der Waals surface area contributed by atoms with E-state index >= 15 is 0 Å². The number of thioether (sulfide) groups is 1. The van der Waals surface area contributed by atoms with Crippen molar-refractivity contribution in [3.05, 3.63) is 54.2 Å². The van der Waals surface area contributed by atoms with Crippen molar-refractivity contribution in [1.82, 2.24) is 19.9 Å². The molecule has 1 fully saturated rings. The molecule has 10 heteroatoms. The number of piperazine rings is 1. The number of rotatable bonds is 10. The molecule has 2 aromatic rings. The van der Waals surface area contributed by atoms with E-state index < -0.39 is 16.1 Å². The second kappa shape index (κ2) is 11.6. The minimum absolute atomic E-state index is 0.146. The quantitative estimate of drug-likeness (QED) is 0.536. The number of hydrogen-bond acceptors (Lipinski definition) is 7. The molecule has 1 unspecified atom stereocenters. The second-order valence-electron chi connectivity index (χ2n) is 7.80. The Labute approximate surface area is 194 Å². The van der Waals surface area contributed by atoms with Crippen molar-refractivity contribution in [2.75, 3.05) is 50.1 Å². The largest absolute Gasteiger partial charge is 0.354 e. The van der Waals surface area contributed by atoms with Crippen molar-refractivity contribution >= 4 is 33.5 Å². The molecule has 1 aliphatic rings. The third kappa shape index (κ3) is 6.93. The van der Waals surface area contributed by atoms with Crippen LogP contribution in [0.25, 0.3) is 0 Å². The van der Waals surface area contributed by atoms with Crippen LogP contribution in [0.3, 0.4) is 0 Å². The molecule has 1 atom stereocenters. The Morgan fingerprint density at radius 3 is 2.56 bits per heavy atom. The van der Waals surface area contributed by atoms with Crippen LogP contribution in [0.2, 0.25) is 0 Å². The number of aromatic nitrogens is 1. The summed E-state index contributed by atoms with van der Waals surface area (Å²) in [5.74, 6) is 1.23. The summed E-state index contributed by atoms with van der Waals surface area (Å²) in [6.45, 7) is 4.11. The van der Waals surface area contributed by atoms with Gasteiger partial charge in [0.1, 0.15) is 11.9 Å². The van der Waals surface area contributed by atoms with E-state index in [1.807, 2.05) is 18.4 Å². The minimum Gasteiger partial charge on any atom is -0.354 e. The first-order valence-electron chi connectivity index (χ1n) is 10.6. The molecule has 2 heterocycles. The van der Waals surface area contributed by atoms with Crippen LogP contribution in [0.15, 0.2) is 53.6 Å². The van der Waals surface area contributed by atoms with Gasteiger partial charge in [-0.25, -0.2) is 13.4 Å². The number of carbonyl (C=O) groups is 1. The lowest BCUT2D eigenvalue weighted by molar-refractivity contribution is -0.122. The van der Waals surface area contributed by atoms with Gasteiger partial charge < -0.3 is 15.1 Å². The molecular weight excluding hydrogens is 446 g/mol. The Kier molecular flexibility index (Phi) is 8.92.